The number of carbonyl (C=O) groups is 1. The monoisotopic (exact) mass is 238 g/mol. The number of nitrogens with zero attached hydrogens (tertiary/aromatic N) is 3. The number of imidazole rings is 1. The van der Waals surface area contributed by atoms with Gasteiger partial charge in [0.05, 0.1) is 6.33 Å². The smallest absolute Gasteiger partial charge is 0.222 e. The Kier molecular flexibility index (Phi) is 4.27. The maximum atomic E-state index is 11.8. The van der Waals surface area contributed by atoms with Crippen molar-refractivity contribution >= 4 is 17.7 Å². The summed E-state index contributed by atoms with van der Waals surface area (Å²) in [4.78, 5) is 17.6. The van der Waals surface area contributed by atoms with Crippen LogP contribution in [0.25, 0.3) is 0 Å². The molecule has 0 bridgehead atoms. The largest absolute Gasteiger partial charge is 0.341 e. The Morgan fingerprint density at radius 2 is 2.25 bits per heavy atom. The van der Waals surface area contributed by atoms with E-state index in [0.717, 1.165) is 37.6 Å². The first-order chi connectivity index (χ1) is 7.86. The molecule has 4 nitrogen and oxygen atoms in total. The Morgan fingerprint density at radius 3 is 2.94 bits per heavy atom. The zero-order valence-electron chi connectivity index (χ0n) is 9.26. The van der Waals surface area contributed by atoms with Crippen molar-refractivity contribution in [2.75, 3.05) is 24.6 Å². The van der Waals surface area contributed by atoms with Crippen LogP contribution in [0.1, 0.15) is 12.8 Å². The number of aryl methyl sites for hydroxylation is 1. The summed E-state index contributed by atoms with van der Waals surface area (Å²) >= 11 is 1.93. The lowest BCUT2D eigenvalue weighted by Gasteiger charge is -2.26. The predicted molar refractivity (Wildman–Crippen MR) is 64.2 cm³/mol. The second kappa shape index (κ2) is 5.94. The topological polar surface area (TPSA) is 38.1 Å². The van der Waals surface area contributed by atoms with Gasteiger partial charge in [-0.3, -0.25) is 4.79 Å². The Labute approximate surface area is 100 Å². The van der Waals surface area contributed by atoms with Crippen LogP contribution < -0.4 is 0 Å². The van der Waals surface area contributed by atoms with E-state index < -0.39 is 0 Å². The van der Waals surface area contributed by atoms with Gasteiger partial charge in [0.2, 0.25) is 5.91 Å². The molecule has 0 saturated carbocycles. The molecule has 1 aliphatic rings. The van der Waals surface area contributed by atoms with Gasteiger partial charge in [0, 0.05) is 43.8 Å². The molecule has 1 aliphatic heterocycles. The highest BCUT2D eigenvalue weighted by molar-refractivity contribution is 7.99. The van der Waals surface area contributed by atoms with Crippen LogP contribution >= 0.6 is 11.8 Å². The summed E-state index contributed by atoms with van der Waals surface area (Å²) in [5, 5.41) is 0. The van der Waals surface area contributed by atoms with Crippen molar-refractivity contribution in [2.24, 2.45) is 0 Å². The van der Waals surface area contributed by atoms with Gasteiger partial charge in [0.15, 0.2) is 0 Å². The molecule has 1 fully saturated rings. The van der Waals surface area contributed by atoms with Crippen molar-refractivity contribution in [3.63, 3.8) is 0 Å². The summed E-state index contributed by atoms with van der Waals surface area (Å²) in [5.41, 5.74) is 0. The fourth-order valence-corrected chi connectivity index (χ4v) is 2.66. The molecule has 0 N–H and O–H groups in total. The van der Waals surface area contributed by atoms with Crippen LogP contribution in [-0.4, -0.2) is 45.0 Å². The Balaban J connectivity index is 1.67. The minimum absolute atomic E-state index is 0.296. The van der Waals surface area contributed by atoms with Gasteiger partial charge < -0.3 is 9.47 Å². The maximum absolute atomic E-state index is 11.8. The van der Waals surface area contributed by atoms with Crippen LogP contribution in [-0.2, 0) is 11.3 Å². The second-order valence-electron chi connectivity index (χ2n) is 3.84. The van der Waals surface area contributed by atoms with E-state index in [1.54, 1.807) is 6.33 Å². The highest BCUT2D eigenvalue weighted by atomic mass is 32.2. The third kappa shape index (κ3) is 3.27. The number of carbonyl (C=O) groups excluding carboxylic acids is 1. The number of amides is 1. The van der Waals surface area contributed by atoms with Crippen LogP contribution in [0, 0.1) is 6.20 Å². The van der Waals surface area contributed by atoms with E-state index >= 15 is 0 Å². The maximum Gasteiger partial charge on any atom is 0.222 e. The van der Waals surface area contributed by atoms with E-state index in [1.165, 1.54) is 0 Å². The molecular weight excluding hydrogens is 222 g/mol. The van der Waals surface area contributed by atoms with Gasteiger partial charge in [0.1, 0.15) is 6.20 Å². The molecule has 2 heterocycles. The third-order valence-electron chi connectivity index (χ3n) is 2.67. The number of thioether (sulfide) groups is 1. The minimum atomic E-state index is 0.296. The fraction of sp³-hybridized carbons (Fsp3) is 0.636. The molecule has 0 spiro atoms. The molecule has 5 heteroatoms. The van der Waals surface area contributed by atoms with E-state index in [4.69, 9.17) is 0 Å². The second-order valence-corrected chi connectivity index (χ2v) is 5.06. The lowest BCUT2D eigenvalue weighted by atomic mass is 10.2. The Bertz CT molecular complexity index is 320. The van der Waals surface area contributed by atoms with Crippen molar-refractivity contribution in [3.8, 4) is 0 Å². The average Bonchev–Trinajstić information content (AvgIpc) is 2.83. The Hall–Kier alpha value is -0.970. The molecule has 1 aromatic heterocycles. The van der Waals surface area contributed by atoms with Crippen LogP contribution in [0.2, 0.25) is 0 Å². The summed E-state index contributed by atoms with van der Waals surface area (Å²) in [6, 6.07) is 0. The molecular formula is C11H16N3OS. The molecule has 1 radical (unpaired) electrons. The molecule has 0 atom stereocenters. The zero-order valence-corrected chi connectivity index (χ0v) is 10.1. The van der Waals surface area contributed by atoms with Gasteiger partial charge in [-0.05, 0) is 6.42 Å². The van der Waals surface area contributed by atoms with E-state index in [1.807, 2.05) is 27.4 Å². The van der Waals surface area contributed by atoms with Gasteiger partial charge in [-0.1, -0.05) is 0 Å². The van der Waals surface area contributed by atoms with Crippen molar-refractivity contribution in [3.05, 3.63) is 18.7 Å². The van der Waals surface area contributed by atoms with Gasteiger partial charge in [-0.15, -0.1) is 0 Å². The molecule has 87 valence electrons. The predicted octanol–water partition coefficient (Wildman–Crippen LogP) is 1.04. The van der Waals surface area contributed by atoms with Gasteiger partial charge in [-0.25, -0.2) is 4.98 Å². The lowest BCUT2D eigenvalue weighted by molar-refractivity contribution is -0.130. The molecule has 1 aromatic rings. The molecule has 0 unspecified atom stereocenters. The first-order valence-corrected chi connectivity index (χ1v) is 6.75. The van der Waals surface area contributed by atoms with E-state index in [-0.39, 0.29) is 0 Å². The summed E-state index contributed by atoms with van der Waals surface area (Å²) in [6.07, 6.45) is 7.82. The summed E-state index contributed by atoms with van der Waals surface area (Å²) in [6.45, 7) is 2.69. The first kappa shape index (κ1) is 11.5. The van der Waals surface area contributed by atoms with Crippen LogP contribution in [0.15, 0.2) is 12.5 Å². The fourth-order valence-electron chi connectivity index (χ4n) is 1.75. The van der Waals surface area contributed by atoms with Gasteiger partial charge in [0.25, 0.3) is 0 Å². The summed E-state index contributed by atoms with van der Waals surface area (Å²) in [5.74, 6) is 2.47. The van der Waals surface area contributed by atoms with Crippen LogP contribution in [0.4, 0.5) is 0 Å². The minimum Gasteiger partial charge on any atom is -0.341 e. The lowest BCUT2D eigenvalue weighted by Crippen LogP contribution is -2.37. The van der Waals surface area contributed by atoms with Crippen LogP contribution in [0.3, 0.4) is 0 Å². The number of hydrogen-bond acceptors (Lipinski definition) is 3. The van der Waals surface area contributed by atoms with Crippen molar-refractivity contribution in [1.29, 1.82) is 0 Å². The third-order valence-corrected chi connectivity index (χ3v) is 3.62. The average molecular weight is 238 g/mol. The highest BCUT2D eigenvalue weighted by Gasteiger charge is 2.15. The van der Waals surface area contributed by atoms with Crippen LogP contribution in [0.5, 0.6) is 0 Å². The number of rotatable bonds is 4. The first-order valence-electron chi connectivity index (χ1n) is 5.59. The quantitative estimate of drug-likeness (QED) is 0.786. The summed E-state index contributed by atoms with van der Waals surface area (Å²) in [7, 11) is 0. The van der Waals surface area contributed by atoms with Crippen molar-refractivity contribution in [2.45, 2.75) is 19.4 Å². The summed E-state index contributed by atoms with van der Waals surface area (Å²) < 4.78 is 1.96. The molecule has 1 amide bonds. The van der Waals surface area contributed by atoms with Gasteiger partial charge in [-0.2, -0.15) is 11.8 Å². The van der Waals surface area contributed by atoms with Crippen molar-refractivity contribution in [1.82, 2.24) is 14.5 Å². The van der Waals surface area contributed by atoms with E-state index in [2.05, 4.69) is 11.2 Å². The Morgan fingerprint density at radius 1 is 1.44 bits per heavy atom. The van der Waals surface area contributed by atoms with Gasteiger partial charge >= 0.3 is 0 Å². The van der Waals surface area contributed by atoms with E-state index in [0.29, 0.717) is 12.3 Å². The van der Waals surface area contributed by atoms with E-state index in [9.17, 15) is 4.79 Å². The zero-order chi connectivity index (χ0) is 11.2. The van der Waals surface area contributed by atoms with Crippen molar-refractivity contribution < 1.29 is 4.79 Å². The SMILES string of the molecule is O=C(CCCn1c[c]nc1)N1CCSCC1. The molecule has 0 aromatic carbocycles. The molecule has 16 heavy (non-hydrogen) atoms. The normalized spacial score (nSPS) is 16.4. The number of hydrogen-bond donors (Lipinski definition) is 0. The highest BCUT2D eigenvalue weighted by Crippen LogP contribution is 2.11. The standard InChI is InChI=1S/C11H16N3OS/c15-11(14-6-8-16-9-7-14)2-1-4-13-5-3-12-10-13/h5,10H,1-2,4,6-9H2. The molecule has 2 rings (SSSR count). The number of aromatic nitrogens is 2. The molecule has 1 saturated heterocycles. The molecule has 0 aliphatic carbocycles.